The Labute approximate surface area is 125 Å². The van der Waals surface area contributed by atoms with E-state index in [0.29, 0.717) is 23.5 Å². The first-order valence-electron chi connectivity index (χ1n) is 6.78. The molecule has 0 aliphatic heterocycles. The van der Waals surface area contributed by atoms with Crippen LogP contribution in [0.3, 0.4) is 0 Å². The van der Waals surface area contributed by atoms with E-state index in [9.17, 15) is 4.79 Å². The number of nitrogen functional groups attached to an aromatic ring is 1. The Morgan fingerprint density at radius 3 is 2.55 bits per heavy atom. The van der Waals surface area contributed by atoms with Crippen LogP contribution in [0.15, 0.2) is 18.2 Å². The van der Waals surface area contributed by atoms with E-state index >= 15 is 0 Å². The third-order valence-corrected chi connectivity index (χ3v) is 5.35. The van der Waals surface area contributed by atoms with E-state index in [1.165, 1.54) is 0 Å². The predicted molar refractivity (Wildman–Crippen MR) is 86.6 cm³/mol. The van der Waals surface area contributed by atoms with Crippen LogP contribution in [0.1, 0.15) is 37.0 Å². The minimum atomic E-state index is -0.144. The summed E-state index contributed by atoms with van der Waals surface area (Å²) in [5.74, 6) is 0.397. The normalized spacial score (nSPS) is 11.2. The highest BCUT2D eigenvalue weighted by atomic mass is 32.2. The lowest BCUT2D eigenvalue weighted by Gasteiger charge is -2.29. The molecule has 5 heteroatoms. The Kier molecular flexibility index (Phi) is 6.20. The first-order valence-corrected chi connectivity index (χ1v) is 8.01. The summed E-state index contributed by atoms with van der Waals surface area (Å²) < 4.78 is 5.30. The van der Waals surface area contributed by atoms with Crippen molar-refractivity contribution in [2.24, 2.45) is 0 Å². The molecule has 0 saturated heterocycles. The fourth-order valence-electron chi connectivity index (χ4n) is 2.10. The lowest BCUT2D eigenvalue weighted by Crippen LogP contribution is -2.39. The molecule has 3 N–H and O–H groups in total. The van der Waals surface area contributed by atoms with Gasteiger partial charge in [0.2, 0.25) is 0 Å². The van der Waals surface area contributed by atoms with Gasteiger partial charge in [-0.25, -0.2) is 0 Å². The summed E-state index contributed by atoms with van der Waals surface area (Å²) in [5, 5.41) is 3.00. The first kappa shape index (κ1) is 16.7. The summed E-state index contributed by atoms with van der Waals surface area (Å²) in [7, 11) is 1.55. The summed E-state index contributed by atoms with van der Waals surface area (Å²) in [5.41, 5.74) is 6.78. The van der Waals surface area contributed by atoms with Gasteiger partial charge >= 0.3 is 0 Å². The van der Waals surface area contributed by atoms with Gasteiger partial charge in [0.05, 0.1) is 12.7 Å². The fourth-order valence-corrected chi connectivity index (χ4v) is 2.89. The molecule has 0 aromatic heterocycles. The van der Waals surface area contributed by atoms with Crippen LogP contribution in [-0.2, 0) is 0 Å². The maximum Gasteiger partial charge on any atom is 0.255 e. The van der Waals surface area contributed by atoms with Crippen LogP contribution in [0.2, 0.25) is 0 Å². The van der Waals surface area contributed by atoms with Crippen LogP contribution < -0.4 is 15.8 Å². The second-order valence-corrected chi connectivity index (χ2v) is 6.01. The van der Waals surface area contributed by atoms with Gasteiger partial charge in [-0.15, -0.1) is 0 Å². The number of ether oxygens (including phenoxy) is 1. The predicted octanol–water partition coefficient (Wildman–Crippen LogP) is 2.93. The summed E-state index contributed by atoms with van der Waals surface area (Å²) in [6.07, 6.45) is 4.11. The molecule has 0 bridgehead atoms. The summed E-state index contributed by atoms with van der Waals surface area (Å²) in [4.78, 5) is 12.3. The van der Waals surface area contributed by atoms with Gasteiger partial charge in [0.15, 0.2) is 0 Å². The highest BCUT2D eigenvalue weighted by molar-refractivity contribution is 8.00. The van der Waals surface area contributed by atoms with Crippen molar-refractivity contribution in [1.82, 2.24) is 5.32 Å². The minimum Gasteiger partial charge on any atom is -0.496 e. The van der Waals surface area contributed by atoms with Gasteiger partial charge in [0, 0.05) is 17.0 Å². The Morgan fingerprint density at radius 1 is 1.40 bits per heavy atom. The van der Waals surface area contributed by atoms with Gasteiger partial charge in [0.1, 0.15) is 5.75 Å². The Bertz CT molecular complexity index is 451. The molecule has 0 heterocycles. The van der Waals surface area contributed by atoms with Crippen molar-refractivity contribution < 1.29 is 9.53 Å². The second-order valence-electron chi connectivity index (χ2n) is 4.74. The molecular formula is C15H24N2O2S. The molecule has 0 fully saturated rings. The lowest BCUT2D eigenvalue weighted by atomic mass is 10.0. The van der Waals surface area contributed by atoms with Crippen LogP contribution in [0.25, 0.3) is 0 Å². The largest absolute Gasteiger partial charge is 0.496 e. The number of anilines is 1. The molecule has 1 aromatic rings. The van der Waals surface area contributed by atoms with E-state index in [4.69, 9.17) is 10.5 Å². The van der Waals surface area contributed by atoms with E-state index in [1.54, 1.807) is 37.1 Å². The topological polar surface area (TPSA) is 64.4 Å². The highest BCUT2D eigenvalue weighted by Gasteiger charge is 2.26. The first-order chi connectivity index (χ1) is 9.51. The number of carbonyl (C=O) groups is 1. The fraction of sp³-hybridized carbons (Fsp3) is 0.533. The molecule has 0 saturated carbocycles. The summed E-state index contributed by atoms with van der Waals surface area (Å²) >= 11 is 1.80. The van der Waals surface area contributed by atoms with Crippen LogP contribution in [0, 0.1) is 0 Å². The zero-order valence-corrected chi connectivity index (χ0v) is 13.5. The highest BCUT2D eigenvalue weighted by Crippen LogP contribution is 2.30. The van der Waals surface area contributed by atoms with E-state index in [2.05, 4.69) is 25.4 Å². The number of hydrogen-bond donors (Lipinski definition) is 2. The number of amides is 1. The number of nitrogens with two attached hydrogens (primary N) is 1. The molecule has 0 radical (unpaired) electrons. The zero-order chi connectivity index (χ0) is 15.2. The van der Waals surface area contributed by atoms with Crippen molar-refractivity contribution in [2.45, 2.75) is 31.4 Å². The summed E-state index contributed by atoms with van der Waals surface area (Å²) in [6.45, 7) is 4.93. The molecule has 0 spiro atoms. The van der Waals surface area contributed by atoms with Crippen LogP contribution >= 0.6 is 11.8 Å². The second kappa shape index (κ2) is 7.43. The van der Waals surface area contributed by atoms with Crippen molar-refractivity contribution in [2.75, 3.05) is 25.6 Å². The Hall–Kier alpha value is -1.36. The monoisotopic (exact) mass is 296 g/mol. The van der Waals surface area contributed by atoms with Crippen LogP contribution in [-0.4, -0.2) is 30.6 Å². The van der Waals surface area contributed by atoms with Gasteiger partial charge in [-0.05, 0) is 37.3 Å². The molecule has 112 valence electrons. The van der Waals surface area contributed by atoms with E-state index < -0.39 is 0 Å². The van der Waals surface area contributed by atoms with E-state index in [0.717, 1.165) is 12.8 Å². The molecule has 1 aromatic carbocycles. The van der Waals surface area contributed by atoms with Gasteiger partial charge in [-0.2, -0.15) is 11.8 Å². The molecule has 0 unspecified atom stereocenters. The molecule has 1 amide bonds. The molecule has 0 aliphatic carbocycles. The maximum atomic E-state index is 12.3. The van der Waals surface area contributed by atoms with Crippen molar-refractivity contribution in [1.29, 1.82) is 0 Å². The minimum absolute atomic E-state index is 0.0865. The third-order valence-electron chi connectivity index (χ3n) is 3.76. The number of benzene rings is 1. The van der Waals surface area contributed by atoms with Gasteiger partial charge < -0.3 is 15.8 Å². The molecule has 4 nitrogen and oxygen atoms in total. The van der Waals surface area contributed by atoms with E-state index in [1.807, 2.05) is 0 Å². The van der Waals surface area contributed by atoms with Gasteiger partial charge in [-0.1, -0.05) is 13.8 Å². The molecule has 20 heavy (non-hydrogen) atoms. The third kappa shape index (κ3) is 3.82. The maximum absolute atomic E-state index is 12.3. The van der Waals surface area contributed by atoms with Crippen molar-refractivity contribution in [3.05, 3.63) is 23.8 Å². The van der Waals surface area contributed by atoms with E-state index in [-0.39, 0.29) is 10.7 Å². The number of nitrogens with one attached hydrogen (secondary N) is 1. The standard InChI is InChI=1S/C15H24N2O2S/c1-5-15(6-2,20-4)10-17-14(18)12-9-11(16)7-8-13(12)19-3/h7-9H,5-6,10,16H2,1-4H3,(H,17,18). The van der Waals surface area contributed by atoms with Crippen molar-refractivity contribution >= 4 is 23.4 Å². The van der Waals surface area contributed by atoms with Crippen LogP contribution in [0.5, 0.6) is 5.75 Å². The molecular weight excluding hydrogens is 272 g/mol. The SMILES string of the molecule is CCC(CC)(CNC(=O)c1cc(N)ccc1OC)SC. The number of hydrogen-bond acceptors (Lipinski definition) is 4. The van der Waals surface area contributed by atoms with Gasteiger partial charge in [-0.3, -0.25) is 4.79 Å². The Balaban J connectivity index is 2.84. The van der Waals surface area contributed by atoms with Crippen molar-refractivity contribution in [3.8, 4) is 5.75 Å². The average Bonchev–Trinajstić information content (AvgIpc) is 2.49. The van der Waals surface area contributed by atoms with Crippen LogP contribution in [0.4, 0.5) is 5.69 Å². The zero-order valence-electron chi connectivity index (χ0n) is 12.7. The Morgan fingerprint density at radius 2 is 2.05 bits per heavy atom. The molecule has 0 atom stereocenters. The number of carbonyl (C=O) groups excluding carboxylic acids is 1. The number of thioether (sulfide) groups is 1. The molecule has 0 aliphatic rings. The smallest absolute Gasteiger partial charge is 0.255 e. The van der Waals surface area contributed by atoms with Gasteiger partial charge in [0.25, 0.3) is 5.91 Å². The number of methoxy groups -OCH3 is 1. The quantitative estimate of drug-likeness (QED) is 0.759. The molecule has 1 rings (SSSR count). The number of rotatable bonds is 7. The summed E-state index contributed by atoms with van der Waals surface area (Å²) in [6, 6.07) is 5.08. The average molecular weight is 296 g/mol. The van der Waals surface area contributed by atoms with Crippen molar-refractivity contribution in [3.63, 3.8) is 0 Å². The lowest BCUT2D eigenvalue weighted by molar-refractivity contribution is 0.0946.